The van der Waals surface area contributed by atoms with Crippen LogP contribution in [0.5, 0.6) is 11.5 Å². The highest BCUT2D eigenvalue weighted by molar-refractivity contribution is 7.80. The fraction of sp³-hybridized carbons (Fsp3) is 0.688. The Kier molecular flexibility index (Phi) is 28.8. The van der Waals surface area contributed by atoms with Crippen molar-refractivity contribution >= 4 is 51.4 Å². The molecule has 2 aromatic rings. The lowest BCUT2D eigenvalue weighted by molar-refractivity contribution is -0.186. The van der Waals surface area contributed by atoms with Crippen LogP contribution in [0.15, 0.2) is 48.5 Å². The van der Waals surface area contributed by atoms with E-state index in [9.17, 15) is 32.5 Å². The van der Waals surface area contributed by atoms with Crippen LogP contribution in [0.25, 0.3) is 0 Å². The van der Waals surface area contributed by atoms with Gasteiger partial charge in [0.1, 0.15) is 29.8 Å². The summed E-state index contributed by atoms with van der Waals surface area (Å²) < 4.78 is 67.1. The zero-order valence-electron chi connectivity index (χ0n) is 38.1. The zero-order chi connectivity index (χ0) is 47.1. The molecule has 17 heteroatoms. The number of aliphatic hydroxyl groups is 1. The predicted molar refractivity (Wildman–Crippen MR) is 251 cm³/mol. The maximum atomic E-state index is 13.7. The second-order valence-electron chi connectivity index (χ2n) is 16.7. The third-order valence-corrected chi connectivity index (χ3v) is 12.1. The smallest absolute Gasteiger partial charge is 0.397 e. The Morgan fingerprint density at radius 3 is 1.68 bits per heavy atom. The minimum atomic E-state index is -5.10. The number of ether oxygens (including phenoxy) is 5. The molecule has 2 aromatic carbocycles. The van der Waals surface area contributed by atoms with Gasteiger partial charge in [-0.25, -0.2) is 4.18 Å². The molecule has 0 aliphatic carbocycles. The second kappa shape index (κ2) is 33.3. The van der Waals surface area contributed by atoms with E-state index in [1.807, 2.05) is 12.1 Å². The van der Waals surface area contributed by atoms with E-state index in [0.29, 0.717) is 48.9 Å². The van der Waals surface area contributed by atoms with Crippen LogP contribution in [-0.4, -0.2) is 92.8 Å². The van der Waals surface area contributed by atoms with E-state index in [1.54, 1.807) is 36.4 Å². The number of carbonyl (C=O) groups excluding carboxylic acids is 3. The summed E-state index contributed by atoms with van der Waals surface area (Å²) in [5.74, 6) is -0.102. The van der Waals surface area contributed by atoms with Crippen molar-refractivity contribution in [2.24, 2.45) is 0 Å². The summed E-state index contributed by atoms with van der Waals surface area (Å²) in [6.07, 6.45) is 13.2. The number of amides is 1. The molecule has 1 fully saturated rings. The highest BCUT2D eigenvalue weighted by atomic mass is 35.5. The van der Waals surface area contributed by atoms with E-state index in [2.05, 4.69) is 12.2 Å². The van der Waals surface area contributed by atoms with Crippen LogP contribution in [0.2, 0.25) is 10.0 Å². The van der Waals surface area contributed by atoms with Crippen molar-refractivity contribution in [3.05, 3.63) is 58.6 Å². The van der Waals surface area contributed by atoms with Crippen molar-refractivity contribution in [3.63, 3.8) is 0 Å². The third kappa shape index (κ3) is 26.1. The molecule has 65 heavy (non-hydrogen) atoms. The number of carbonyl (C=O) groups is 3. The minimum Gasteiger partial charge on any atom is -0.494 e. The van der Waals surface area contributed by atoms with Gasteiger partial charge in [0.15, 0.2) is 6.10 Å². The first-order chi connectivity index (χ1) is 31.4. The molecule has 14 nitrogen and oxygen atoms in total. The van der Waals surface area contributed by atoms with E-state index in [4.69, 9.17) is 51.1 Å². The molecule has 0 spiro atoms. The number of esters is 2. The largest absolute Gasteiger partial charge is 0.494 e. The Morgan fingerprint density at radius 2 is 1.17 bits per heavy atom. The molecule has 1 aliphatic heterocycles. The Hall–Kier alpha value is -3.18. The van der Waals surface area contributed by atoms with E-state index in [-0.39, 0.29) is 25.9 Å². The van der Waals surface area contributed by atoms with Crippen molar-refractivity contribution in [1.82, 2.24) is 5.32 Å². The van der Waals surface area contributed by atoms with Gasteiger partial charge < -0.3 is 34.1 Å². The van der Waals surface area contributed by atoms with E-state index in [1.165, 1.54) is 32.1 Å². The lowest BCUT2D eigenvalue weighted by atomic mass is 9.97. The van der Waals surface area contributed by atoms with Gasteiger partial charge in [0, 0.05) is 22.9 Å². The fourth-order valence-corrected chi connectivity index (χ4v) is 8.37. The molecule has 1 heterocycles. The molecule has 0 saturated carbocycles. The summed E-state index contributed by atoms with van der Waals surface area (Å²) in [6.45, 7) is 2.34. The van der Waals surface area contributed by atoms with Crippen LogP contribution in [0.1, 0.15) is 155 Å². The summed E-state index contributed by atoms with van der Waals surface area (Å²) in [6, 6.07) is 13.3. The van der Waals surface area contributed by atoms with Crippen molar-refractivity contribution < 1.29 is 60.3 Å². The molecule has 0 unspecified atom stereocenters. The van der Waals surface area contributed by atoms with Gasteiger partial charge in [-0.3, -0.25) is 18.9 Å². The first-order valence-corrected chi connectivity index (χ1v) is 25.8. The van der Waals surface area contributed by atoms with Crippen LogP contribution in [-0.2, 0) is 43.2 Å². The molecule has 0 radical (unpaired) electrons. The zero-order valence-corrected chi connectivity index (χ0v) is 40.5. The molecule has 1 amide bonds. The minimum absolute atomic E-state index is 0.00279. The molecule has 5 atom stereocenters. The summed E-state index contributed by atoms with van der Waals surface area (Å²) in [4.78, 5) is 39.9. The number of rotatable bonds is 36. The molecule has 0 aromatic heterocycles. The standard InChI is InChI=1S/C48H73Cl2NO13S/c1-2-3-4-5-6-7-8-11-16-21-41(62-45(54)22-17-12-9-14-19-32-59-39-28-24-37(49)25-29-39)34-44(53)51-42-36-61-43(35-52)48(64-65(56,57)58)47(42)63-46(55)23-18-13-10-15-20-33-60-40-30-26-38(50)27-31-40/h24-31,41-43,47-48,52H,2-23,32-36H2,1H3,(H,51,53)(H,56,57,58)/t41-,42+,43-,47-,48-/m1/s1. The first-order valence-electron chi connectivity index (χ1n) is 23.7. The second-order valence-corrected chi connectivity index (χ2v) is 18.7. The van der Waals surface area contributed by atoms with Gasteiger partial charge in [0.2, 0.25) is 5.91 Å². The number of aliphatic hydroxyl groups excluding tert-OH is 1. The SMILES string of the molecule is CCCCCCCCCCC[C@H](CC(=O)N[C@H]1CO[C@H](CO)[C@@H](OS(=O)(=O)O)[C@@H]1OC(=O)CCCCCCCOc1ccc(Cl)cc1)OC(=O)CCCCCCCOc1ccc(Cl)cc1. The molecule has 368 valence electrons. The maximum absolute atomic E-state index is 13.7. The number of unbranched alkanes of at least 4 members (excludes halogenated alkanes) is 16. The normalized spacial score (nSPS) is 17.9. The molecular weight excluding hydrogens is 901 g/mol. The summed E-state index contributed by atoms with van der Waals surface area (Å²) in [5, 5.41) is 14.1. The van der Waals surface area contributed by atoms with Crippen LogP contribution < -0.4 is 14.8 Å². The number of nitrogens with one attached hydrogen (secondary N) is 1. The van der Waals surface area contributed by atoms with Crippen molar-refractivity contribution in [2.75, 3.05) is 26.4 Å². The molecular formula is C48H73Cl2NO13S. The average Bonchev–Trinajstić information content (AvgIpc) is 3.26. The van der Waals surface area contributed by atoms with Gasteiger partial charge in [0.25, 0.3) is 0 Å². The van der Waals surface area contributed by atoms with Crippen LogP contribution >= 0.6 is 23.2 Å². The number of benzene rings is 2. The predicted octanol–water partition coefficient (Wildman–Crippen LogP) is 10.3. The number of hydrogen-bond acceptors (Lipinski definition) is 12. The topological polar surface area (TPSA) is 193 Å². The Balaban J connectivity index is 1.51. The Labute approximate surface area is 397 Å². The van der Waals surface area contributed by atoms with Gasteiger partial charge >= 0.3 is 22.3 Å². The van der Waals surface area contributed by atoms with Crippen molar-refractivity contribution in [2.45, 2.75) is 185 Å². The highest BCUT2D eigenvalue weighted by Crippen LogP contribution is 2.25. The van der Waals surface area contributed by atoms with E-state index < -0.39 is 65.3 Å². The molecule has 1 saturated heterocycles. The first kappa shape index (κ1) is 56.1. The van der Waals surface area contributed by atoms with Gasteiger partial charge in [-0.1, -0.05) is 120 Å². The van der Waals surface area contributed by atoms with Crippen molar-refractivity contribution in [1.29, 1.82) is 0 Å². The summed E-state index contributed by atoms with van der Waals surface area (Å²) >= 11 is 11.9. The van der Waals surface area contributed by atoms with E-state index >= 15 is 0 Å². The quantitative estimate of drug-likeness (QED) is 0.0332. The molecule has 1 aliphatic rings. The summed E-state index contributed by atoms with van der Waals surface area (Å²) in [5.41, 5.74) is 0. The highest BCUT2D eigenvalue weighted by Gasteiger charge is 2.46. The average molecular weight is 975 g/mol. The lowest BCUT2D eigenvalue weighted by Gasteiger charge is -2.40. The Morgan fingerprint density at radius 1 is 0.692 bits per heavy atom. The van der Waals surface area contributed by atoms with Gasteiger partial charge in [-0.05, 0) is 87.1 Å². The third-order valence-electron chi connectivity index (χ3n) is 11.2. The van der Waals surface area contributed by atoms with Gasteiger partial charge in [0.05, 0.1) is 38.9 Å². The molecule has 3 rings (SSSR count). The van der Waals surface area contributed by atoms with Crippen LogP contribution in [0, 0.1) is 0 Å². The van der Waals surface area contributed by atoms with Crippen molar-refractivity contribution in [3.8, 4) is 11.5 Å². The van der Waals surface area contributed by atoms with Crippen LogP contribution in [0.4, 0.5) is 0 Å². The fourth-order valence-electron chi connectivity index (χ4n) is 7.60. The number of halogens is 2. The monoisotopic (exact) mass is 973 g/mol. The summed E-state index contributed by atoms with van der Waals surface area (Å²) in [7, 11) is -5.10. The van der Waals surface area contributed by atoms with Gasteiger partial charge in [-0.15, -0.1) is 0 Å². The number of hydrogen-bond donors (Lipinski definition) is 3. The maximum Gasteiger partial charge on any atom is 0.397 e. The van der Waals surface area contributed by atoms with Crippen LogP contribution in [0.3, 0.4) is 0 Å². The lowest BCUT2D eigenvalue weighted by Crippen LogP contribution is -2.62. The van der Waals surface area contributed by atoms with Gasteiger partial charge in [-0.2, -0.15) is 8.42 Å². The molecule has 0 bridgehead atoms. The Bertz CT molecular complexity index is 1720. The molecule has 3 N–H and O–H groups in total. The van der Waals surface area contributed by atoms with E-state index in [0.717, 1.165) is 82.1 Å².